The molecule has 13 nitrogen and oxygen atoms in total. The highest BCUT2D eigenvalue weighted by atomic mass is 16.6. The zero-order valence-electron chi connectivity index (χ0n) is 31.9. The van der Waals surface area contributed by atoms with Gasteiger partial charge in [0.2, 0.25) is 0 Å². The zero-order chi connectivity index (χ0) is 38.5. The molecule has 1 atom stereocenters. The number of carbonyl (C=O) groups excluding carboxylic acids is 3. The standard InChI is InChI=1S/C40H53N3O10/c1-40(2,3)53-36(44)14-16-48-18-20-50-22-23-51-21-19-49-17-15-41-38(45)27-8-11-30(33(24-27)39(46)47)37-31-12-9-28(42(4)5)25-34(31)52-35-26-29(43(6)7)10-13-32(35)37/h8-13,24-26,37H,14-23H2,1-7H3,(H,41,45)(H,46,47). The lowest BCUT2D eigenvalue weighted by molar-refractivity contribution is -0.786. The maximum Gasteiger partial charge on any atom is 0.308 e. The fourth-order valence-corrected chi connectivity index (χ4v) is 5.70. The summed E-state index contributed by atoms with van der Waals surface area (Å²) in [5.41, 5.74) is 3.75. The van der Waals surface area contributed by atoms with E-state index >= 15 is 0 Å². The first-order valence-electron chi connectivity index (χ1n) is 17.8. The summed E-state index contributed by atoms with van der Waals surface area (Å²) in [4.78, 5) is 40.3. The highest BCUT2D eigenvalue weighted by molar-refractivity contribution is 5.98. The third-order valence-electron chi connectivity index (χ3n) is 8.31. The van der Waals surface area contributed by atoms with Gasteiger partial charge in [0, 0.05) is 66.6 Å². The number of benzene rings is 3. The molecule has 0 fully saturated rings. The Kier molecular flexibility index (Phi) is 15.2. The molecule has 13 heteroatoms. The number of hydrogen-bond donors (Lipinski definition) is 2. The highest BCUT2D eigenvalue weighted by Crippen LogP contribution is 2.49. The fourth-order valence-electron chi connectivity index (χ4n) is 5.70. The van der Waals surface area contributed by atoms with E-state index in [1.54, 1.807) is 12.1 Å². The molecule has 0 radical (unpaired) electrons. The van der Waals surface area contributed by atoms with E-state index in [2.05, 4.69) is 5.32 Å². The van der Waals surface area contributed by atoms with E-state index in [0.717, 1.165) is 27.4 Å². The average molecular weight is 736 g/mol. The summed E-state index contributed by atoms with van der Waals surface area (Å²) in [5.74, 6) is -1.26. The Balaban J connectivity index is 1.23. The molecule has 1 unspecified atom stereocenters. The van der Waals surface area contributed by atoms with Gasteiger partial charge in [0.05, 0.1) is 79.3 Å². The molecule has 0 aromatic heterocycles. The van der Waals surface area contributed by atoms with Crippen LogP contribution in [0.4, 0.5) is 11.4 Å². The Labute approximate surface area is 312 Å². The molecule has 1 heterocycles. The molecule has 0 bridgehead atoms. The number of fused-ring (bicyclic) bond motifs is 2. The summed E-state index contributed by atoms with van der Waals surface area (Å²) in [7, 11) is 7.94. The number of esters is 1. The van der Waals surface area contributed by atoms with Gasteiger partial charge in [-0.25, -0.2) is 0 Å². The molecule has 53 heavy (non-hydrogen) atoms. The number of hydrogen-bond acceptors (Lipinski definition) is 11. The van der Waals surface area contributed by atoms with Gasteiger partial charge in [-0.3, -0.25) is 9.59 Å². The Morgan fingerprint density at radius 2 is 1.34 bits per heavy atom. The van der Waals surface area contributed by atoms with E-state index in [4.69, 9.17) is 28.4 Å². The van der Waals surface area contributed by atoms with Crippen molar-refractivity contribution >= 4 is 29.2 Å². The van der Waals surface area contributed by atoms with Crippen LogP contribution >= 0.6 is 0 Å². The number of nitrogens with one attached hydrogen (secondary N) is 2. The summed E-state index contributed by atoms with van der Waals surface area (Å²) in [6.45, 7) is 8.42. The molecule has 3 aromatic carbocycles. The molecular weight excluding hydrogens is 682 g/mol. The van der Waals surface area contributed by atoms with Crippen molar-refractivity contribution in [2.45, 2.75) is 38.7 Å². The number of aromatic carboxylic acids is 1. The Bertz CT molecular complexity index is 1640. The predicted octanol–water partition coefficient (Wildman–Crippen LogP) is 2.71. The van der Waals surface area contributed by atoms with Crippen molar-refractivity contribution in [2.24, 2.45) is 0 Å². The predicted molar refractivity (Wildman–Crippen MR) is 198 cm³/mol. The molecule has 1 aliphatic rings. The van der Waals surface area contributed by atoms with Gasteiger partial charge >= 0.3 is 5.97 Å². The quantitative estimate of drug-likeness (QED) is 0.102. The fraction of sp³-hybridized carbons (Fsp3) is 0.475. The number of amides is 1. The van der Waals surface area contributed by atoms with Gasteiger partial charge in [0.1, 0.15) is 22.8 Å². The van der Waals surface area contributed by atoms with Crippen LogP contribution < -0.4 is 25.0 Å². The minimum atomic E-state index is -1.37. The lowest BCUT2D eigenvalue weighted by Crippen LogP contribution is -3.00. The highest BCUT2D eigenvalue weighted by Gasteiger charge is 2.32. The van der Waals surface area contributed by atoms with Gasteiger partial charge in [-0.2, -0.15) is 0 Å². The van der Waals surface area contributed by atoms with Crippen LogP contribution in [0.5, 0.6) is 11.5 Å². The molecule has 288 valence electrons. The van der Waals surface area contributed by atoms with Crippen LogP contribution in [0.25, 0.3) is 0 Å². The topological polar surface area (TPSA) is 149 Å². The minimum absolute atomic E-state index is 0.0662. The Hall–Kier alpha value is -4.53. The van der Waals surface area contributed by atoms with E-state index in [1.807, 2.05) is 90.3 Å². The first-order chi connectivity index (χ1) is 25.2. The van der Waals surface area contributed by atoms with Crippen molar-refractivity contribution < 1.29 is 52.8 Å². The van der Waals surface area contributed by atoms with Crippen LogP contribution in [-0.2, 0) is 28.5 Å². The molecule has 1 amide bonds. The molecule has 0 saturated heterocycles. The summed E-state index contributed by atoms with van der Waals surface area (Å²) >= 11 is 0. The van der Waals surface area contributed by atoms with Gasteiger partial charge in [0.25, 0.3) is 5.91 Å². The molecule has 0 aliphatic carbocycles. The van der Waals surface area contributed by atoms with Gasteiger partial charge in [-0.15, -0.1) is 0 Å². The maximum absolute atomic E-state index is 13.0. The van der Waals surface area contributed by atoms with Crippen molar-refractivity contribution in [3.63, 3.8) is 0 Å². The summed E-state index contributed by atoms with van der Waals surface area (Å²) in [6.07, 6.45) is 0.195. The van der Waals surface area contributed by atoms with E-state index in [1.165, 1.54) is 6.07 Å². The van der Waals surface area contributed by atoms with Crippen molar-refractivity contribution in [3.8, 4) is 11.5 Å². The van der Waals surface area contributed by atoms with Gasteiger partial charge in [0.15, 0.2) is 0 Å². The number of ether oxygens (including phenoxy) is 6. The SMILES string of the molecule is CN(C)c1ccc2c(c1)Oc1cc([NH+](C)C)ccc1C2c1ccc(C(=O)NCCOCCOCCOCCOCCC(=O)OC(C)(C)C)cc1C(=O)[O-]. The minimum Gasteiger partial charge on any atom is -0.545 e. The van der Waals surface area contributed by atoms with Crippen LogP contribution in [-0.4, -0.2) is 111 Å². The Morgan fingerprint density at radius 3 is 1.92 bits per heavy atom. The lowest BCUT2D eigenvalue weighted by atomic mass is 9.80. The number of quaternary nitrogens is 1. The summed E-state index contributed by atoms with van der Waals surface area (Å²) in [6, 6.07) is 16.5. The third kappa shape index (κ3) is 12.3. The largest absolute Gasteiger partial charge is 0.545 e. The smallest absolute Gasteiger partial charge is 0.308 e. The Morgan fingerprint density at radius 1 is 0.774 bits per heavy atom. The normalized spacial score (nSPS) is 13.5. The second-order valence-electron chi connectivity index (χ2n) is 14.0. The molecule has 3 aromatic rings. The summed E-state index contributed by atoms with van der Waals surface area (Å²) in [5, 5.41) is 15.3. The lowest BCUT2D eigenvalue weighted by Gasteiger charge is -2.31. The average Bonchev–Trinajstić information content (AvgIpc) is 3.10. The third-order valence-corrected chi connectivity index (χ3v) is 8.31. The second-order valence-corrected chi connectivity index (χ2v) is 14.0. The number of carboxylic acid groups (broad SMARTS) is 1. The number of rotatable bonds is 20. The molecule has 0 spiro atoms. The number of carbonyl (C=O) groups is 3. The van der Waals surface area contributed by atoms with E-state index < -0.39 is 23.4 Å². The summed E-state index contributed by atoms with van der Waals surface area (Å²) < 4.78 is 33.5. The van der Waals surface area contributed by atoms with Crippen molar-refractivity contribution in [3.05, 3.63) is 82.4 Å². The van der Waals surface area contributed by atoms with Crippen LogP contribution in [0, 0.1) is 0 Å². The monoisotopic (exact) mass is 735 g/mol. The molecule has 2 N–H and O–H groups in total. The van der Waals surface area contributed by atoms with E-state index in [9.17, 15) is 19.5 Å². The molecule has 0 saturated carbocycles. The number of nitrogens with zero attached hydrogens (tertiary/aromatic N) is 1. The van der Waals surface area contributed by atoms with E-state index in [0.29, 0.717) is 56.7 Å². The van der Waals surface area contributed by atoms with Crippen LogP contribution in [0.15, 0.2) is 54.6 Å². The van der Waals surface area contributed by atoms with Crippen molar-refractivity contribution in [1.82, 2.24) is 5.32 Å². The van der Waals surface area contributed by atoms with Crippen LogP contribution in [0.1, 0.15) is 70.5 Å². The molecule has 4 rings (SSSR count). The first-order valence-corrected chi connectivity index (χ1v) is 17.8. The molecular formula is C40H53N3O10. The number of anilines is 1. The number of carboxylic acids is 1. The van der Waals surface area contributed by atoms with Crippen LogP contribution in [0.3, 0.4) is 0 Å². The van der Waals surface area contributed by atoms with Gasteiger partial charge in [-0.05, 0) is 56.7 Å². The van der Waals surface area contributed by atoms with Gasteiger partial charge < -0.3 is 53.4 Å². The van der Waals surface area contributed by atoms with E-state index in [-0.39, 0.29) is 43.3 Å². The van der Waals surface area contributed by atoms with Gasteiger partial charge in [-0.1, -0.05) is 12.1 Å². The molecule has 1 aliphatic heterocycles. The second kappa shape index (κ2) is 19.5. The van der Waals surface area contributed by atoms with Crippen molar-refractivity contribution in [2.75, 3.05) is 92.5 Å². The van der Waals surface area contributed by atoms with Crippen molar-refractivity contribution in [1.29, 1.82) is 0 Å². The zero-order valence-corrected chi connectivity index (χ0v) is 31.9. The maximum atomic E-state index is 13.0. The van der Waals surface area contributed by atoms with Crippen LogP contribution in [0.2, 0.25) is 0 Å². The first kappa shape index (κ1) is 41.2.